The normalized spacial score (nSPS) is 20.3. The number of carbonyl (C=O) groups is 1. The van der Waals surface area contributed by atoms with E-state index in [1.165, 1.54) is 10.9 Å². The van der Waals surface area contributed by atoms with Crippen LogP contribution in [0.2, 0.25) is 0 Å². The highest BCUT2D eigenvalue weighted by molar-refractivity contribution is 5.85. The zero-order valence-electron chi connectivity index (χ0n) is 9.14. The number of aromatic nitrogens is 1. The summed E-state index contributed by atoms with van der Waals surface area (Å²) >= 11 is 0. The molecule has 1 aliphatic heterocycles. The van der Waals surface area contributed by atoms with E-state index in [9.17, 15) is 4.79 Å². The molecule has 1 unspecified atom stereocenters. The van der Waals surface area contributed by atoms with Crippen molar-refractivity contribution in [3.63, 3.8) is 0 Å². The molecule has 1 aromatic carbocycles. The van der Waals surface area contributed by atoms with Gasteiger partial charge in [-0.15, -0.1) is 0 Å². The van der Waals surface area contributed by atoms with E-state index in [-0.39, 0.29) is 11.9 Å². The summed E-state index contributed by atoms with van der Waals surface area (Å²) in [6, 6.07) is 8.25. The summed E-state index contributed by atoms with van der Waals surface area (Å²) in [5.74, 6) is -0.153. The fourth-order valence-corrected chi connectivity index (χ4v) is 2.32. The predicted molar refractivity (Wildman–Crippen MR) is 61.2 cm³/mol. The summed E-state index contributed by atoms with van der Waals surface area (Å²) in [6.45, 7) is 0.552. The highest BCUT2D eigenvalue weighted by Crippen LogP contribution is 2.29. The van der Waals surface area contributed by atoms with Gasteiger partial charge in [0, 0.05) is 18.8 Å². The van der Waals surface area contributed by atoms with Gasteiger partial charge in [-0.2, -0.15) is 0 Å². The quantitative estimate of drug-likeness (QED) is 0.683. The van der Waals surface area contributed by atoms with Crippen molar-refractivity contribution in [1.29, 1.82) is 0 Å². The average Bonchev–Trinajstić information content (AvgIpc) is 2.86. The summed E-state index contributed by atoms with van der Waals surface area (Å²) in [4.78, 5) is 11.5. The Kier molecular flexibility index (Phi) is 1.99. The van der Waals surface area contributed by atoms with E-state index in [1.54, 1.807) is 0 Å². The molecule has 0 aliphatic carbocycles. The number of cyclic esters (lactones) is 1. The minimum absolute atomic E-state index is 0.0652. The molecule has 0 bridgehead atoms. The molecule has 1 aromatic heterocycles. The molecule has 0 N–H and O–H groups in total. The van der Waals surface area contributed by atoms with Crippen molar-refractivity contribution < 1.29 is 9.53 Å². The molecule has 1 aliphatic rings. The Hall–Kier alpha value is -1.77. The van der Waals surface area contributed by atoms with Crippen LogP contribution < -0.4 is 0 Å². The van der Waals surface area contributed by atoms with Crippen LogP contribution in [0.5, 0.6) is 0 Å². The number of ether oxygens (including phenoxy) is 1. The first-order valence-corrected chi connectivity index (χ1v) is 5.47. The highest BCUT2D eigenvalue weighted by Gasteiger charge is 2.28. The van der Waals surface area contributed by atoms with Crippen LogP contribution >= 0.6 is 0 Å². The smallest absolute Gasteiger partial charge is 0.313 e. The SMILES string of the molecule is Cn1ccc2cc(C3CCOC3=O)ccc21. The third kappa shape index (κ3) is 1.32. The molecule has 16 heavy (non-hydrogen) atoms. The lowest BCUT2D eigenvalue weighted by Crippen LogP contribution is -2.05. The van der Waals surface area contributed by atoms with E-state index in [4.69, 9.17) is 4.74 Å². The van der Waals surface area contributed by atoms with Gasteiger partial charge in [-0.25, -0.2) is 0 Å². The van der Waals surface area contributed by atoms with E-state index in [0.29, 0.717) is 6.61 Å². The number of esters is 1. The van der Waals surface area contributed by atoms with Gasteiger partial charge in [0.2, 0.25) is 0 Å². The Bertz CT molecular complexity index is 556. The van der Waals surface area contributed by atoms with Crippen molar-refractivity contribution in [2.45, 2.75) is 12.3 Å². The predicted octanol–water partition coefficient (Wildman–Crippen LogP) is 2.21. The zero-order chi connectivity index (χ0) is 11.1. The van der Waals surface area contributed by atoms with E-state index < -0.39 is 0 Å². The lowest BCUT2D eigenvalue weighted by Gasteiger charge is -2.06. The Morgan fingerprint density at radius 1 is 1.38 bits per heavy atom. The third-order valence-electron chi connectivity index (χ3n) is 3.25. The van der Waals surface area contributed by atoms with Crippen LogP contribution in [0.1, 0.15) is 17.9 Å². The molecule has 3 rings (SSSR count). The van der Waals surface area contributed by atoms with Crippen molar-refractivity contribution in [2.24, 2.45) is 7.05 Å². The van der Waals surface area contributed by atoms with Gasteiger partial charge in [0.25, 0.3) is 0 Å². The standard InChI is InChI=1S/C13H13NO2/c1-14-6-4-10-8-9(2-3-12(10)14)11-5-7-16-13(11)15/h2-4,6,8,11H,5,7H2,1H3. The second-order valence-corrected chi connectivity index (χ2v) is 4.25. The number of aryl methyl sites for hydroxylation is 1. The number of benzene rings is 1. The molecule has 0 radical (unpaired) electrons. The molecule has 3 heteroatoms. The van der Waals surface area contributed by atoms with Gasteiger partial charge in [0.15, 0.2) is 0 Å². The van der Waals surface area contributed by atoms with Crippen LogP contribution in [0.15, 0.2) is 30.5 Å². The number of carbonyl (C=O) groups excluding carboxylic acids is 1. The molecule has 0 saturated carbocycles. The topological polar surface area (TPSA) is 31.2 Å². The van der Waals surface area contributed by atoms with Crippen LogP contribution in [0.4, 0.5) is 0 Å². The van der Waals surface area contributed by atoms with Crippen LogP contribution in [-0.4, -0.2) is 17.1 Å². The first-order valence-electron chi connectivity index (χ1n) is 5.47. The number of rotatable bonds is 1. The molecule has 82 valence electrons. The Morgan fingerprint density at radius 2 is 2.25 bits per heavy atom. The van der Waals surface area contributed by atoms with E-state index in [2.05, 4.69) is 22.8 Å². The number of nitrogens with zero attached hydrogens (tertiary/aromatic N) is 1. The molecule has 2 heterocycles. The lowest BCUT2D eigenvalue weighted by molar-refractivity contribution is -0.139. The second-order valence-electron chi connectivity index (χ2n) is 4.25. The maximum atomic E-state index is 11.5. The molecule has 1 saturated heterocycles. The monoisotopic (exact) mass is 215 g/mol. The Labute approximate surface area is 93.6 Å². The van der Waals surface area contributed by atoms with Gasteiger partial charge < -0.3 is 9.30 Å². The van der Waals surface area contributed by atoms with Gasteiger partial charge in [-0.05, 0) is 35.6 Å². The Balaban J connectivity index is 2.08. The number of hydrogen-bond donors (Lipinski definition) is 0. The summed E-state index contributed by atoms with van der Waals surface area (Å²) in [5.41, 5.74) is 2.26. The molecule has 3 nitrogen and oxygen atoms in total. The molecular formula is C13H13NO2. The third-order valence-corrected chi connectivity index (χ3v) is 3.25. The maximum absolute atomic E-state index is 11.5. The summed E-state index contributed by atoms with van der Waals surface area (Å²) in [7, 11) is 2.02. The van der Waals surface area contributed by atoms with Crippen molar-refractivity contribution >= 4 is 16.9 Å². The van der Waals surface area contributed by atoms with Crippen molar-refractivity contribution in [1.82, 2.24) is 4.57 Å². The van der Waals surface area contributed by atoms with Crippen LogP contribution in [0.3, 0.4) is 0 Å². The first-order chi connectivity index (χ1) is 7.75. The van der Waals surface area contributed by atoms with Gasteiger partial charge >= 0.3 is 5.97 Å². The van der Waals surface area contributed by atoms with Crippen LogP contribution in [0, 0.1) is 0 Å². The Morgan fingerprint density at radius 3 is 3.00 bits per heavy atom. The minimum Gasteiger partial charge on any atom is -0.465 e. The molecule has 1 atom stereocenters. The second kappa shape index (κ2) is 3.37. The van der Waals surface area contributed by atoms with Crippen LogP contribution in [-0.2, 0) is 16.6 Å². The van der Waals surface area contributed by atoms with E-state index in [1.807, 2.05) is 19.3 Å². The van der Waals surface area contributed by atoms with Crippen molar-refractivity contribution in [3.8, 4) is 0 Å². The van der Waals surface area contributed by atoms with Crippen molar-refractivity contribution in [2.75, 3.05) is 6.61 Å². The molecular weight excluding hydrogens is 202 g/mol. The van der Waals surface area contributed by atoms with E-state index in [0.717, 1.165) is 12.0 Å². The maximum Gasteiger partial charge on any atom is 0.313 e. The highest BCUT2D eigenvalue weighted by atomic mass is 16.5. The number of fused-ring (bicyclic) bond motifs is 1. The average molecular weight is 215 g/mol. The van der Waals surface area contributed by atoms with Crippen LogP contribution in [0.25, 0.3) is 10.9 Å². The summed E-state index contributed by atoms with van der Waals surface area (Å²) < 4.78 is 7.07. The van der Waals surface area contributed by atoms with E-state index >= 15 is 0 Å². The fourth-order valence-electron chi connectivity index (χ4n) is 2.32. The lowest BCUT2D eigenvalue weighted by atomic mass is 9.97. The number of hydrogen-bond acceptors (Lipinski definition) is 2. The van der Waals surface area contributed by atoms with Gasteiger partial charge in [0.1, 0.15) is 0 Å². The summed E-state index contributed by atoms with van der Waals surface area (Å²) in [6.07, 6.45) is 2.83. The molecule has 2 aromatic rings. The molecule has 1 fully saturated rings. The van der Waals surface area contributed by atoms with Gasteiger partial charge in [-0.1, -0.05) is 6.07 Å². The first kappa shape index (κ1) is 9.46. The zero-order valence-corrected chi connectivity index (χ0v) is 9.14. The largest absolute Gasteiger partial charge is 0.465 e. The molecule has 0 spiro atoms. The van der Waals surface area contributed by atoms with Crippen molar-refractivity contribution in [3.05, 3.63) is 36.0 Å². The van der Waals surface area contributed by atoms with Gasteiger partial charge in [0.05, 0.1) is 12.5 Å². The molecule has 0 amide bonds. The summed E-state index contributed by atoms with van der Waals surface area (Å²) in [5, 5.41) is 1.18. The van der Waals surface area contributed by atoms with Gasteiger partial charge in [-0.3, -0.25) is 4.79 Å². The fraction of sp³-hybridized carbons (Fsp3) is 0.308. The minimum atomic E-state index is -0.0877.